The molecule has 0 bridgehead atoms. The van der Waals surface area contributed by atoms with E-state index >= 15 is 0 Å². The van der Waals surface area contributed by atoms with Crippen molar-refractivity contribution in [2.45, 2.75) is 20.4 Å². The largest absolute Gasteiger partial charge is 0.380 e. The highest BCUT2D eigenvalue weighted by Gasteiger charge is 2.04. The number of halogens is 2. The van der Waals surface area contributed by atoms with Gasteiger partial charge in [0.15, 0.2) is 5.96 Å². The molecule has 0 spiro atoms. The number of nitriles is 1. The number of aliphatic imine (C=N–C) groups is 1. The van der Waals surface area contributed by atoms with Gasteiger partial charge in [-0.2, -0.15) is 5.26 Å². The Balaban J connectivity index is 0.00000441. The van der Waals surface area contributed by atoms with Gasteiger partial charge < -0.3 is 15.4 Å². The molecule has 0 saturated heterocycles. The highest BCUT2D eigenvalue weighted by molar-refractivity contribution is 14.0. The van der Waals surface area contributed by atoms with Crippen molar-refractivity contribution in [3.8, 4) is 6.07 Å². The van der Waals surface area contributed by atoms with Crippen LogP contribution >= 0.6 is 24.0 Å². The van der Waals surface area contributed by atoms with Crippen LogP contribution in [0, 0.1) is 17.1 Å². The zero-order valence-corrected chi connectivity index (χ0v) is 15.2. The number of guanidine groups is 1. The average molecular weight is 420 g/mol. The summed E-state index contributed by atoms with van der Waals surface area (Å²) in [6.07, 6.45) is 0. The van der Waals surface area contributed by atoms with Crippen molar-refractivity contribution in [2.24, 2.45) is 4.99 Å². The smallest absolute Gasteiger partial charge is 0.191 e. The summed E-state index contributed by atoms with van der Waals surface area (Å²) in [5.41, 5.74) is 0.826. The van der Waals surface area contributed by atoms with Gasteiger partial charge in [-0.05, 0) is 32.0 Å². The van der Waals surface area contributed by atoms with Gasteiger partial charge in [0.05, 0.1) is 24.8 Å². The van der Waals surface area contributed by atoms with Gasteiger partial charge in [0.1, 0.15) is 5.82 Å². The third-order valence-electron chi connectivity index (χ3n) is 2.67. The maximum absolute atomic E-state index is 13.7. The van der Waals surface area contributed by atoms with E-state index in [-0.39, 0.29) is 36.3 Å². The third kappa shape index (κ3) is 7.56. The fourth-order valence-corrected chi connectivity index (χ4v) is 1.66. The summed E-state index contributed by atoms with van der Waals surface area (Å²) < 4.78 is 18.9. The number of rotatable bonds is 7. The predicted molar refractivity (Wildman–Crippen MR) is 95.8 cm³/mol. The van der Waals surface area contributed by atoms with Crippen LogP contribution in [0.3, 0.4) is 0 Å². The second-order valence-corrected chi connectivity index (χ2v) is 4.24. The molecule has 0 aromatic heterocycles. The summed E-state index contributed by atoms with van der Waals surface area (Å²) >= 11 is 0. The molecule has 0 unspecified atom stereocenters. The molecule has 0 atom stereocenters. The topological polar surface area (TPSA) is 69.4 Å². The van der Waals surface area contributed by atoms with Gasteiger partial charge in [0.25, 0.3) is 0 Å². The standard InChI is InChI=1S/C15H21FN4O.HI/c1-3-18-15(19-7-8-21-4-2)20-11-13-9-12(10-17)5-6-14(13)16;/h5-6,9H,3-4,7-8,11H2,1-2H3,(H2,18,19,20);1H. The second kappa shape index (κ2) is 12.2. The maximum atomic E-state index is 13.7. The van der Waals surface area contributed by atoms with E-state index in [0.29, 0.717) is 43.4 Å². The Morgan fingerprint density at radius 3 is 2.77 bits per heavy atom. The number of nitrogens with zero attached hydrogens (tertiary/aromatic N) is 2. The van der Waals surface area contributed by atoms with Crippen molar-refractivity contribution < 1.29 is 9.13 Å². The molecule has 0 aliphatic rings. The molecular formula is C15H22FIN4O. The molecule has 0 saturated carbocycles. The summed E-state index contributed by atoms with van der Waals surface area (Å²) in [6.45, 7) is 6.65. The molecule has 0 amide bonds. The van der Waals surface area contributed by atoms with E-state index in [1.807, 2.05) is 19.9 Å². The second-order valence-electron chi connectivity index (χ2n) is 4.24. The number of hydrogen-bond acceptors (Lipinski definition) is 3. The van der Waals surface area contributed by atoms with Gasteiger partial charge in [-0.25, -0.2) is 9.38 Å². The minimum Gasteiger partial charge on any atom is -0.380 e. The van der Waals surface area contributed by atoms with E-state index in [1.165, 1.54) is 18.2 Å². The van der Waals surface area contributed by atoms with E-state index in [9.17, 15) is 4.39 Å². The van der Waals surface area contributed by atoms with Gasteiger partial charge in [-0.1, -0.05) is 0 Å². The minimum atomic E-state index is -0.358. The average Bonchev–Trinajstić information content (AvgIpc) is 2.50. The molecule has 5 nitrogen and oxygen atoms in total. The van der Waals surface area contributed by atoms with Crippen LogP contribution in [0.4, 0.5) is 4.39 Å². The maximum Gasteiger partial charge on any atom is 0.191 e. The van der Waals surface area contributed by atoms with Crippen molar-refractivity contribution in [3.63, 3.8) is 0 Å². The van der Waals surface area contributed by atoms with Crippen LogP contribution in [0.25, 0.3) is 0 Å². The lowest BCUT2D eigenvalue weighted by Gasteiger charge is -2.11. The molecule has 22 heavy (non-hydrogen) atoms. The summed E-state index contributed by atoms with van der Waals surface area (Å²) in [5, 5.41) is 15.0. The highest BCUT2D eigenvalue weighted by Crippen LogP contribution is 2.11. The van der Waals surface area contributed by atoms with E-state index in [0.717, 1.165) is 0 Å². The first-order chi connectivity index (χ1) is 10.2. The van der Waals surface area contributed by atoms with Crippen molar-refractivity contribution in [3.05, 3.63) is 35.1 Å². The molecule has 0 aliphatic carbocycles. The quantitative estimate of drug-likeness (QED) is 0.308. The van der Waals surface area contributed by atoms with Crippen molar-refractivity contribution >= 4 is 29.9 Å². The molecule has 0 heterocycles. The van der Waals surface area contributed by atoms with Gasteiger partial charge in [0.2, 0.25) is 0 Å². The lowest BCUT2D eigenvalue weighted by atomic mass is 10.1. The third-order valence-corrected chi connectivity index (χ3v) is 2.67. The molecule has 1 rings (SSSR count). The first-order valence-corrected chi connectivity index (χ1v) is 6.99. The number of nitrogens with one attached hydrogen (secondary N) is 2. The fraction of sp³-hybridized carbons (Fsp3) is 0.467. The van der Waals surface area contributed by atoms with Gasteiger partial charge >= 0.3 is 0 Å². The molecule has 0 radical (unpaired) electrons. The van der Waals surface area contributed by atoms with Crippen molar-refractivity contribution in [2.75, 3.05) is 26.3 Å². The Morgan fingerprint density at radius 2 is 2.14 bits per heavy atom. The Kier molecular flexibility index (Phi) is 11.4. The van der Waals surface area contributed by atoms with Gasteiger partial charge in [-0.15, -0.1) is 24.0 Å². The lowest BCUT2D eigenvalue weighted by Crippen LogP contribution is -2.39. The summed E-state index contributed by atoms with van der Waals surface area (Å²) in [7, 11) is 0. The predicted octanol–water partition coefficient (Wildman–Crippen LogP) is 2.41. The van der Waals surface area contributed by atoms with Crippen molar-refractivity contribution in [1.29, 1.82) is 5.26 Å². The highest BCUT2D eigenvalue weighted by atomic mass is 127. The summed E-state index contributed by atoms with van der Waals surface area (Å²) in [4.78, 5) is 4.31. The Morgan fingerprint density at radius 1 is 1.36 bits per heavy atom. The number of hydrogen-bond donors (Lipinski definition) is 2. The molecule has 1 aromatic carbocycles. The van der Waals surface area contributed by atoms with Crippen LogP contribution in [-0.4, -0.2) is 32.3 Å². The SMILES string of the molecule is CCNC(=NCc1cc(C#N)ccc1F)NCCOCC.I. The van der Waals surface area contributed by atoms with Crippen molar-refractivity contribution in [1.82, 2.24) is 10.6 Å². The Bertz CT molecular complexity index is 517. The van der Waals surface area contributed by atoms with E-state index in [1.54, 1.807) is 0 Å². The van der Waals surface area contributed by atoms with E-state index < -0.39 is 0 Å². The molecule has 0 aliphatic heterocycles. The van der Waals surface area contributed by atoms with E-state index in [2.05, 4.69) is 15.6 Å². The van der Waals surface area contributed by atoms with Crippen LogP contribution < -0.4 is 10.6 Å². The van der Waals surface area contributed by atoms with Crippen LogP contribution in [0.5, 0.6) is 0 Å². The van der Waals surface area contributed by atoms with E-state index in [4.69, 9.17) is 10.00 Å². The zero-order chi connectivity index (χ0) is 15.5. The Labute approximate surface area is 148 Å². The number of ether oxygens (including phenoxy) is 1. The van der Waals surface area contributed by atoms with Crippen LogP contribution in [0.1, 0.15) is 25.0 Å². The first kappa shape index (κ1) is 20.6. The van der Waals surface area contributed by atoms with Crippen LogP contribution in [0.15, 0.2) is 23.2 Å². The lowest BCUT2D eigenvalue weighted by molar-refractivity contribution is 0.152. The van der Waals surface area contributed by atoms with Gasteiger partial charge in [0, 0.05) is 25.3 Å². The van der Waals surface area contributed by atoms with Crippen LogP contribution in [-0.2, 0) is 11.3 Å². The molecule has 1 aromatic rings. The molecular weight excluding hydrogens is 398 g/mol. The molecule has 2 N–H and O–H groups in total. The summed E-state index contributed by atoms with van der Waals surface area (Å²) in [5.74, 6) is 0.238. The van der Waals surface area contributed by atoms with Crippen LogP contribution in [0.2, 0.25) is 0 Å². The Hall–Kier alpha value is -1.40. The molecule has 0 fully saturated rings. The minimum absolute atomic E-state index is 0. The normalized spacial score (nSPS) is 10.5. The monoisotopic (exact) mass is 420 g/mol. The molecule has 122 valence electrons. The number of benzene rings is 1. The summed E-state index contributed by atoms with van der Waals surface area (Å²) in [6, 6.07) is 6.25. The fourth-order valence-electron chi connectivity index (χ4n) is 1.66. The first-order valence-electron chi connectivity index (χ1n) is 6.99. The zero-order valence-electron chi connectivity index (χ0n) is 12.9. The van der Waals surface area contributed by atoms with Gasteiger partial charge in [-0.3, -0.25) is 0 Å². The molecule has 7 heteroatoms.